The predicted molar refractivity (Wildman–Crippen MR) is 90.2 cm³/mol. The van der Waals surface area contributed by atoms with Gasteiger partial charge in [0.25, 0.3) is 5.91 Å². The number of rotatable bonds is 6. The van der Waals surface area contributed by atoms with Crippen LogP contribution in [0.2, 0.25) is 0 Å². The molecule has 8 heteroatoms. The molecule has 0 heterocycles. The lowest BCUT2D eigenvalue weighted by Gasteiger charge is -2.17. The number of nitrogens with one attached hydrogen (secondary N) is 1. The van der Waals surface area contributed by atoms with Crippen LogP contribution in [0.4, 0.5) is 15.8 Å². The lowest BCUT2D eigenvalue weighted by molar-refractivity contribution is -0.118. The molecule has 0 aliphatic rings. The second kappa shape index (κ2) is 7.31. The van der Waals surface area contributed by atoms with Gasteiger partial charge in [-0.05, 0) is 30.3 Å². The zero-order chi connectivity index (χ0) is 17.7. The second-order valence-corrected chi connectivity index (χ2v) is 7.06. The van der Waals surface area contributed by atoms with E-state index in [0.717, 1.165) is 10.6 Å². The molecule has 2 rings (SSSR count). The standard InChI is InChI=1S/C16H17FN2O4S/c1-19(24(2,21)22)13-7-5-6-12(10-13)18-16(20)11-23-15-9-4-3-8-14(15)17/h3-10H,11H2,1-2H3,(H,18,20). The van der Waals surface area contributed by atoms with Gasteiger partial charge in [-0.25, -0.2) is 12.8 Å². The molecule has 0 saturated carbocycles. The lowest BCUT2D eigenvalue weighted by atomic mass is 10.3. The number of para-hydroxylation sites is 1. The first kappa shape index (κ1) is 17.7. The maximum atomic E-state index is 13.4. The van der Waals surface area contributed by atoms with E-state index in [1.807, 2.05) is 0 Å². The number of benzene rings is 2. The van der Waals surface area contributed by atoms with Gasteiger partial charge in [-0.1, -0.05) is 18.2 Å². The van der Waals surface area contributed by atoms with E-state index in [2.05, 4.69) is 5.32 Å². The minimum absolute atomic E-state index is 0.0155. The summed E-state index contributed by atoms with van der Waals surface area (Å²) in [7, 11) is -1.98. The van der Waals surface area contributed by atoms with Crippen LogP contribution in [0.1, 0.15) is 0 Å². The van der Waals surface area contributed by atoms with Gasteiger partial charge >= 0.3 is 0 Å². The molecule has 0 aliphatic carbocycles. The Kier molecular flexibility index (Phi) is 5.40. The van der Waals surface area contributed by atoms with Gasteiger partial charge in [-0.3, -0.25) is 9.10 Å². The third kappa shape index (κ3) is 4.69. The Morgan fingerprint density at radius 2 is 1.92 bits per heavy atom. The number of anilines is 2. The summed E-state index contributed by atoms with van der Waals surface area (Å²) in [6, 6.07) is 12.1. The highest BCUT2D eigenvalue weighted by molar-refractivity contribution is 7.92. The van der Waals surface area contributed by atoms with Crippen molar-refractivity contribution >= 4 is 27.3 Å². The number of sulfonamides is 1. The number of nitrogens with zero attached hydrogens (tertiary/aromatic N) is 1. The van der Waals surface area contributed by atoms with Crippen molar-refractivity contribution in [2.24, 2.45) is 0 Å². The van der Waals surface area contributed by atoms with Gasteiger partial charge in [-0.15, -0.1) is 0 Å². The normalized spacial score (nSPS) is 11.0. The molecule has 0 saturated heterocycles. The van der Waals surface area contributed by atoms with Crippen molar-refractivity contribution in [2.75, 3.05) is 29.5 Å². The van der Waals surface area contributed by atoms with Crippen LogP contribution in [0.3, 0.4) is 0 Å². The number of carbonyl (C=O) groups excluding carboxylic acids is 1. The number of carbonyl (C=O) groups is 1. The first-order chi connectivity index (χ1) is 11.3. The van der Waals surface area contributed by atoms with Gasteiger partial charge in [0.2, 0.25) is 10.0 Å². The van der Waals surface area contributed by atoms with E-state index < -0.39 is 21.7 Å². The molecule has 0 bridgehead atoms. The quantitative estimate of drug-likeness (QED) is 0.865. The van der Waals surface area contributed by atoms with Gasteiger partial charge in [0.1, 0.15) is 0 Å². The zero-order valence-electron chi connectivity index (χ0n) is 13.2. The van der Waals surface area contributed by atoms with E-state index in [0.29, 0.717) is 11.4 Å². The predicted octanol–water partition coefficient (Wildman–Crippen LogP) is 2.24. The molecule has 2 aromatic rings. The smallest absolute Gasteiger partial charge is 0.262 e. The van der Waals surface area contributed by atoms with E-state index in [1.54, 1.807) is 24.3 Å². The average molecular weight is 352 g/mol. The molecule has 24 heavy (non-hydrogen) atoms. The number of hydrogen-bond donors (Lipinski definition) is 1. The molecule has 0 fully saturated rings. The summed E-state index contributed by atoms with van der Waals surface area (Å²) in [6.45, 7) is -0.368. The maximum absolute atomic E-state index is 13.4. The highest BCUT2D eigenvalue weighted by atomic mass is 32.2. The summed E-state index contributed by atoms with van der Waals surface area (Å²) in [5.41, 5.74) is 0.815. The van der Waals surface area contributed by atoms with E-state index in [4.69, 9.17) is 4.74 Å². The average Bonchev–Trinajstić information content (AvgIpc) is 2.53. The molecule has 2 aromatic carbocycles. The lowest BCUT2D eigenvalue weighted by Crippen LogP contribution is -2.25. The van der Waals surface area contributed by atoms with Crippen molar-refractivity contribution < 1.29 is 22.3 Å². The minimum Gasteiger partial charge on any atom is -0.481 e. The molecule has 0 aromatic heterocycles. The first-order valence-corrected chi connectivity index (χ1v) is 8.83. The molecule has 128 valence electrons. The molecule has 0 unspecified atom stereocenters. The Labute approximate surface area is 139 Å². The van der Waals surface area contributed by atoms with Crippen molar-refractivity contribution in [3.05, 3.63) is 54.3 Å². The fraction of sp³-hybridized carbons (Fsp3) is 0.188. The van der Waals surface area contributed by atoms with Crippen LogP contribution in [-0.4, -0.2) is 34.2 Å². The van der Waals surface area contributed by atoms with Crippen molar-refractivity contribution in [1.29, 1.82) is 0 Å². The number of hydrogen-bond acceptors (Lipinski definition) is 4. The molecular formula is C16H17FN2O4S. The fourth-order valence-corrected chi connectivity index (χ4v) is 2.37. The van der Waals surface area contributed by atoms with Crippen LogP contribution in [-0.2, 0) is 14.8 Å². The Balaban J connectivity index is 2.01. The molecule has 1 N–H and O–H groups in total. The van der Waals surface area contributed by atoms with Crippen LogP contribution in [0.15, 0.2) is 48.5 Å². The highest BCUT2D eigenvalue weighted by Gasteiger charge is 2.13. The Bertz CT molecular complexity index is 839. The van der Waals surface area contributed by atoms with Gasteiger partial charge in [0.15, 0.2) is 18.2 Å². The first-order valence-electron chi connectivity index (χ1n) is 6.98. The van der Waals surface area contributed by atoms with Crippen LogP contribution >= 0.6 is 0 Å². The second-order valence-electron chi connectivity index (χ2n) is 5.05. The maximum Gasteiger partial charge on any atom is 0.262 e. The molecule has 0 atom stereocenters. The van der Waals surface area contributed by atoms with Crippen molar-refractivity contribution in [2.45, 2.75) is 0 Å². The summed E-state index contributed by atoms with van der Waals surface area (Å²) < 4.78 is 42.7. The van der Waals surface area contributed by atoms with Crippen LogP contribution in [0, 0.1) is 5.82 Å². The van der Waals surface area contributed by atoms with Crippen molar-refractivity contribution in [1.82, 2.24) is 0 Å². The summed E-state index contributed by atoms with van der Waals surface area (Å²) in [6.07, 6.45) is 1.08. The summed E-state index contributed by atoms with van der Waals surface area (Å²) in [5, 5.41) is 2.57. The van der Waals surface area contributed by atoms with Gasteiger partial charge in [0.05, 0.1) is 11.9 Å². The molecule has 6 nitrogen and oxygen atoms in total. The molecule has 1 amide bonds. The summed E-state index contributed by atoms with van der Waals surface area (Å²) in [5.74, 6) is -1.06. The van der Waals surface area contributed by atoms with Gasteiger partial charge in [-0.2, -0.15) is 0 Å². The van der Waals surface area contributed by atoms with E-state index in [1.165, 1.54) is 31.3 Å². The minimum atomic E-state index is -3.40. The Morgan fingerprint density at radius 1 is 1.21 bits per heavy atom. The van der Waals surface area contributed by atoms with Gasteiger partial charge in [0, 0.05) is 12.7 Å². The summed E-state index contributed by atoms with van der Waals surface area (Å²) >= 11 is 0. The van der Waals surface area contributed by atoms with E-state index >= 15 is 0 Å². The largest absolute Gasteiger partial charge is 0.481 e. The van der Waals surface area contributed by atoms with E-state index in [-0.39, 0.29) is 12.4 Å². The van der Waals surface area contributed by atoms with Crippen LogP contribution in [0.25, 0.3) is 0 Å². The van der Waals surface area contributed by atoms with Crippen LogP contribution in [0.5, 0.6) is 5.75 Å². The fourth-order valence-electron chi connectivity index (χ4n) is 1.87. The summed E-state index contributed by atoms with van der Waals surface area (Å²) in [4.78, 5) is 11.9. The topological polar surface area (TPSA) is 75.7 Å². The number of ether oxygens (including phenoxy) is 1. The SMILES string of the molecule is CN(c1cccc(NC(=O)COc2ccccc2F)c1)S(C)(=O)=O. The Hall–Kier alpha value is -2.61. The molecule has 0 aliphatic heterocycles. The Morgan fingerprint density at radius 3 is 2.58 bits per heavy atom. The van der Waals surface area contributed by atoms with E-state index in [9.17, 15) is 17.6 Å². The third-order valence-corrected chi connectivity index (χ3v) is 4.39. The molecular weight excluding hydrogens is 335 g/mol. The highest BCUT2D eigenvalue weighted by Crippen LogP contribution is 2.20. The number of amides is 1. The number of halogens is 1. The molecule has 0 spiro atoms. The van der Waals surface area contributed by atoms with Gasteiger partial charge < -0.3 is 10.1 Å². The zero-order valence-corrected chi connectivity index (χ0v) is 14.0. The van der Waals surface area contributed by atoms with Crippen molar-refractivity contribution in [3.8, 4) is 5.75 Å². The molecule has 0 radical (unpaired) electrons. The third-order valence-electron chi connectivity index (χ3n) is 3.19. The monoisotopic (exact) mass is 352 g/mol. The van der Waals surface area contributed by atoms with Crippen LogP contribution < -0.4 is 14.4 Å². The van der Waals surface area contributed by atoms with Crippen molar-refractivity contribution in [3.63, 3.8) is 0 Å².